The number of rotatable bonds is 5. The molecule has 4 aromatic rings. The molecule has 0 bridgehead atoms. The highest BCUT2D eigenvalue weighted by atomic mass is 16.5. The van der Waals surface area contributed by atoms with E-state index in [0.29, 0.717) is 23.4 Å². The minimum Gasteiger partial charge on any atom is -0.465 e. The number of aromatic nitrogens is 1. The Morgan fingerprint density at radius 3 is 2.47 bits per heavy atom. The van der Waals surface area contributed by atoms with Crippen molar-refractivity contribution >= 4 is 46.5 Å². The zero-order chi connectivity index (χ0) is 25.2. The molecule has 8 heteroatoms. The number of hydrogen-bond donors (Lipinski definition) is 1. The third-order valence-electron chi connectivity index (χ3n) is 5.94. The van der Waals surface area contributed by atoms with Crippen LogP contribution in [-0.4, -0.2) is 35.5 Å². The van der Waals surface area contributed by atoms with Gasteiger partial charge in [0.2, 0.25) is 0 Å². The maximum atomic E-state index is 13.2. The number of barbiturate groups is 1. The first-order valence-corrected chi connectivity index (χ1v) is 11.2. The van der Waals surface area contributed by atoms with Crippen molar-refractivity contribution in [3.63, 3.8) is 0 Å². The molecule has 1 aliphatic heterocycles. The molecule has 0 saturated carbocycles. The van der Waals surface area contributed by atoms with Gasteiger partial charge in [0.25, 0.3) is 11.8 Å². The summed E-state index contributed by atoms with van der Waals surface area (Å²) in [6, 6.07) is 22.4. The summed E-state index contributed by atoms with van der Waals surface area (Å²) in [6.07, 6.45) is 3.34. The molecule has 0 radical (unpaired) electrons. The Kier molecular flexibility index (Phi) is 5.92. The number of hydrogen-bond acceptors (Lipinski definition) is 5. The number of benzene rings is 3. The van der Waals surface area contributed by atoms with Crippen LogP contribution in [0.4, 0.5) is 10.5 Å². The number of anilines is 1. The molecule has 1 aliphatic rings. The zero-order valence-electron chi connectivity index (χ0n) is 19.3. The highest BCUT2D eigenvalue weighted by Gasteiger charge is 2.36. The molecule has 0 aliphatic carbocycles. The molecule has 1 saturated heterocycles. The fourth-order valence-corrected chi connectivity index (χ4v) is 4.26. The molecule has 178 valence electrons. The van der Waals surface area contributed by atoms with Gasteiger partial charge in [-0.25, -0.2) is 14.5 Å². The van der Waals surface area contributed by atoms with Crippen LogP contribution in [0.3, 0.4) is 0 Å². The second kappa shape index (κ2) is 9.34. The van der Waals surface area contributed by atoms with Crippen LogP contribution in [0.25, 0.3) is 17.0 Å². The van der Waals surface area contributed by atoms with Crippen molar-refractivity contribution in [2.45, 2.75) is 6.54 Å². The van der Waals surface area contributed by atoms with Gasteiger partial charge in [0, 0.05) is 29.2 Å². The van der Waals surface area contributed by atoms with E-state index >= 15 is 0 Å². The number of para-hydroxylation sites is 2. The lowest BCUT2D eigenvalue weighted by Gasteiger charge is -2.26. The first-order valence-electron chi connectivity index (χ1n) is 11.2. The van der Waals surface area contributed by atoms with Crippen molar-refractivity contribution in [2.75, 3.05) is 12.0 Å². The molecule has 5 rings (SSSR count). The minimum absolute atomic E-state index is 0.144. The monoisotopic (exact) mass is 479 g/mol. The second-order valence-electron chi connectivity index (χ2n) is 8.21. The zero-order valence-corrected chi connectivity index (χ0v) is 19.3. The smallest absolute Gasteiger partial charge is 0.337 e. The highest BCUT2D eigenvalue weighted by Crippen LogP contribution is 2.27. The van der Waals surface area contributed by atoms with Gasteiger partial charge >= 0.3 is 12.0 Å². The number of methoxy groups -OCH3 is 1. The Labute approximate surface area is 206 Å². The van der Waals surface area contributed by atoms with Gasteiger partial charge in [-0.3, -0.25) is 14.9 Å². The molecule has 0 atom stereocenters. The normalized spacial score (nSPS) is 14.9. The molecular formula is C28H21N3O5. The molecule has 0 spiro atoms. The Bertz CT molecular complexity index is 1550. The number of carbonyl (C=O) groups is 4. The molecular weight excluding hydrogens is 458 g/mol. The summed E-state index contributed by atoms with van der Waals surface area (Å²) in [5.74, 6) is -1.86. The van der Waals surface area contributed by atoms with E-state index in [4.69, 9.17) is 4.74 Å². The predicted molar refractivity (Wildman–Crippen MR) is 134 cm³/mol. The number of nitrogens with one attached hydrogen (secondary N) is 1. The van der Waals surface area contributed by atoms with Gasteiger partial charge in [-0.2, -0.15) is 0 Å². The maximum absolute atomic E-state index is 13.2. The van der Waals surface area contributed by atoms with Crippen LogP contribution < -0.4 is 10.2 Å². The second-order valence-corrected chi connectivity index (χ2v) is 8.21. The summed E-state index contributed by atoms with van der Waals surface area (Å²) in [5.41, 5.74) is 3.08. The van der Waals surface area contributed by atoms with E-state index in [1.165, 1.54) is 13.2 Å². The van der Waals surface area contributed by atoms with Gasteiger partial charge in [0.05, 0.1) is 18.4 Å². The average Bonchev–Trinajstić information content (AvgIpc) is 3.23. The molecule has 1 aromatic heterocycles. The number of nitrogens with zero attached hydrogens (tertiary/aromatic N) is 2. The van der Waals surface area contributed by atoms with E-state index in [1.807, 2.05) is 41.1 Å². The first kappa shape index (κ1) is 22.8. The van der Waals surface area contributed by atoms with E-state index < -0.39 is 23.8 Å². The van der Waals surface area contributed by atoms with Gasteiger partial charge in [-0.1, -0.05) is 48.5 Å². The van der Waals surface area contributed by atoms with E-state index in [9.17, 15) is 19.2 Å². The van der Waals surface area contributed by atoms with Crippen molar-refractivity contribution in [1.82, 2.24) is 9.88 Å². The summed E-state index contributed by atoms with van der Waals surface area (Å²) in [5, 5.41) is 3.09. The third kappa shape index (κ3) is 4.16. The molecule has 1 N–H and O–H groups in total. The molecule has 36 heavy (non-hydrogen) atoms. The third-order valence-corrected chi connectivity index (χ3v) is 5.94. The van der Waals surface area contributed by atoms with Crippen LogP contribution in [0.1, 0.15) is 21.5 Å². The van der Waals surface area contributed by atoms with Gasteiger partial charge < -0.3 is 9.30 Å². The lowest BCUT2D eigenvalue weighted by Crippen LogP contribution is -2.54. The fourth-order valence-electron chi connectivity index (χ4n) is 4.26. The van der Waals surface area contributed by atoms with E-state index in [2.05, 4.69) is 5.32 Å². The van der Waals surface area contributed by atoms with Crippen LogP contribution in [0, 0.1) is 0 Å². The lowest BCUT2D eigenvalue weighted by atomic mass is 10.1. The van der Waals surface area contributed by atoms with Crippen molar-refractivity contribution in [2.24, 2.45) is 0 Å². The summed E-state index contributed by atoms with van der Waals surface area (Å²) < 4.78 is 6.79. The Morgan fingerprint density at radius 1 is 0.944 bits per heavy atom. The van der Waals surface area contributed by atoms with Crippen molar-refractivity contribution in [3.8, 4) is 0 Å². The molecule has 8 nitrogen and oxygen atoms in total. The van der Waals surface area contributed by atoms with Crippen LogP contribution in [0.15, 0.2) is 90.6 Å². The molecule has 1 fully saturated rings. The van der Waals surface area contributed by atoms with E-state index in [-0.39, 0.29) is 5.57 Å². The molecule has 3 aromatic carbocycles. The summed E-state index contributed by atoms with van der Waals surface area (Å²) in [4.78, 5) is 51.2. The number of urea groups is 1. The Hall–Kier alpha value is -4.98. The quantitative estimate of drug-likeness (QED) is 0.264. The number of amides is 4. The fraction of sp³-hybridized carbons (Fsp3) is 0.0714. The topological polar surface area (TPSA) is 97.7 Å². The van der Waals surface area contributed by atoms with Gasteiger partial charge in [0.15, 0.2) is 0 Å². The number of ether oxygens (including phenoxy) is 1. The van der Waals surface area contributed by atoms with Crippen LogP contribution in [-0.2, 0) is 20.9 Å². The van der Waals surface area contributed by atoms with Crippen molar-refractivity contribution < 1.29 is 23.9 Å². The SMILES string of the molecule is COC(=O)c1cccc(Cn2cc(/C=C3\C(=O)NC(=O)N(c4ccccc4)C3=O)c3ccccc32)c1. The summed E-state index contributed by atoms with van der Waals surface area (Å²) in [6.45, 7) is 0.448. The summed E-state index contributed by atoms with van der Waals surface area (Å²) >= 11 is 0. The first-order chi connectivity index (χ1) is 17.5. The largest absolute Gasteiger partial charge is 0.465 e. The Balaban J connectivity index is 1.54. The highest BCUT2D eigenvalue weighted by molar-refractivity contribution is 6.39. The van der Waals surface area contributed by atoms with E-state index in [1.54, 1.807) is 48.5 Å². The van der Waals surface area contributed by atoms with Crippen LogP contribution >= 0.6 is 0 Å². The van der Waals surface area contributed by atoms with Crippen molar-refractivity contribution in [3.05, 3.63) is 107 Å². The predicted octanol–water partition coefficient (Wildman–Crippen LogP) is 4.14. The van der Waals surface area contributed by atoms with E-state index in [0.717, 1.165) is 21.4 Å². The number of imide groups is 2. The number of esters is 1. The molecule has 4 amide bonds. The minimum atomic E-state index is -0.790. The number of carbonyl (C=O) groups excluding carboxylic acids is 4. The standard InChI is InChI=1S/C28H21N3O5/c1-36-27(34)19-9-7-8-18(14-19)16-30-17-20(22-12-5-6-13-24(22)30)15-23-25(32)29-28(35)31(26(23)33)21-10-3-2-4-11-21/h2-15,17H,16H2,1H3,(H,29,32,35)/b23-15+. The van der Waals surface area contributed by atoms with Crippen LogP contribution in [0.2, 0.25) is 0 Å². The number of fused-ring (bicyclic) bond motifs is 1. The lowest BCUT2D eigenvalue weighted by molar-refractivity contribution is -0.122. The van der Waals surface area contributed by atoms with Crippen molar-refractivity contribution in [1.29, 1.82) is 0 Å². The van der Waals surface area contributed by atoms with Gasteiger partial charge in [0.1, 0.15) is 5.57 Å². The average molecular weight is 479 g/mol. The Morgan fingerprint density at radius 2 is 1.69 bits per heavy atom. The van der Waals surface area contributed by atoms with Gasteiger partial charge in [-0.05, 0) is 42.0 Å². The molecule has 0 unspecified atom stereocenters. The molecule has 2 heterocycles. The van der Waals surface area contributed by atoms with Crippen LogP contribution in [0.5, 0.6) is 0 Å². The maximum Gasteiger partial charge on any atom is 0.337 e. The van der Waals surface area contributed by atoms with Gasteiger partial charge in [-0.15, -0.1) is 0 Å². The summed E-state index contributed by atoms with van der Waals surface area (Å²) in [7, 11) is 1.34.